The number of methoxy groups -OCH3 is 1. The Morgan fingerprint density at radius 2 is 2.12 bits per heavy atom. The van der Waals surface area contributed by atoms with Crippen LogP contribution in [0.25, 0.3) is 0 Å². The number of anilines is 2. The summed E-state index contributed by atoms with van der Waals surface area (Å²) in [6.45, 7) is 3.88. The van der Waals surface area contributed by atoms with Gasteiger partial charge in [0.25, 0.3) is 5.69 Å². The number of benzene rings is 1. The third-order valence-corrected chi connectivity index (χ3v) is 5.17. The summed E-state index contributed by atoms with van der Waals surface area (Å²) in [7, 11) is 1.33. The third-order valence-electron chi connectivity index (χ3n) is 3.59. The minimum Gasteiger partial charge on any atom is -0.465 e. The Morgan fingerprint density at radius 3 is 2.65 bits per heavy atom. The molecule has 2 N–H and O–H groups in total. The minimum absolute atomic E-state index is 0.117. The van der Waals surface area contributed by atoms with E-state index in [0.717, 1.165) is 10.4 Å². The van der Waals surface area contributed by atoms with Crippen molar-refractivity contribution in [3.63, 3.8) is 0 Å². The molecule has 1 aromatic heterocycles. The fourth-order valence-corrected chi connectivity index (χ4v) is 4.02. The van der Waals surface area contributed by atoms with E-state index in [1.54, 1.807) is 0 Å². The first-order valence-corrected chi connectivity index (χ1v) is 9.11. The molecule has 138 valence electrons. The molecule has 0 bridgehead atoms. The van der Waals surface area contributed by atoms with E-state index in [1.807, 2.05) is 13.8 Å². The van der Waals surface area contributed by atoms with Gasteiger partial charge in [0.05, 0.1) is 28.3 Å². The van der Waals surface area contributed by atoms with Gasteiger partial charge in [-0.2, -0.15) is 0 Å². The van der Waals surface area contributed by atoms with Crippen molar-refractivity contribution in [2.24, 2.45) is 0 Å². The van der Waals surface area contributed by atoms with E-state index in [4.69, 9.17) is 28.6 Å². The van der Waals surface area contributed by atoms with Gasteiger partial charge in [-0.25, -0.2) is 4.79 Å². The SMILES string of the molecule is CCc1c(C)sc(NC(=S)Nc2ccc([N+](=O)[O-])cc2Cl)c1C(=O)OC. The second kappa shape index (κ2) is 8.43. The molecule has 0 aliphatic heterocycles. The number of thiocarbonyl (C=S) groups is 1. The number of hydrogen-bond donors (Lipinski definition) is 2. The van der Waals surface area contributed by atoms with Gasteiger partial charge in [-0.1, -0.05) is 18.5 Å². The van der Waals surface area contributed by atoms with Crippen molar-refractivity contribution < 1.29 is 14.5 Å². The van der Waals surface area contributed by atoms with Crippen LogP contribution in [0.4, 0.5) is 16.4 Å². The second-order valence-electron chi connectivity index (χ2n) is 5.19. The number of nitro groups is 1. The highest BCUT2D eigenvalue weighted by molar-refractivity contribution is 7.80. The number of esters is 1. The average Bonchev–Trinajstić information content (AvgIpc) is 2.90. The van der Waals surface area contributed by atoms with Gasteiger partial charge in [0.2, 0.25) is 0 Å². The first-order chi connectivity index (χ1) is 12.3. The molecule has 0 aliphatic carbocycles. The molecule has 0 unspecified atom stereocenters. The maximum absolute atomic E-state index is 12.1. The molecule has 0 aliphatic rings. The van der Waals surface area contributed by atoms with Gasteiger partial charge in [0.15, 0.2) is 5.11 Å². The molecule has 0 fully saturated rings. The van der Waals surface area contributed by atoms with Crippen molar-refractivity contribution in [1.29, 1.82) is 0 Å². The van der Waals surface area contributed by atoms with Crippen molar-refractivity contribution in [2.45, 2.75) is 20.3 Å². The Labute approximate surface area is 164 Å². The number of non-ortho nitro benzene ring substituents is 1. The van der Waals surface area contributed by atoms with Crippen LogP contribution in [0.5, 0.6) is 0 Å². The van der Waals surface area contributed by atoms with Crippen LogP contribution in [0.3, 0.4) is 0 Å². The topological polar surface area (TPSA) is 93.5 Å². The van der Waals surface area contributed by atoms with Crippen LogP contribution in [0, 0.1) is 17.0 Å². The van der Waals surface area contributed by atoms with Crippen LogP contribution in [-0.4, -0.2) is 23.1 Å². The number of rotatable bonds is 5. The van der Waals surface area contributed by atoms with Crippen molar-refractivity contribution in [1.82, 2.24) is 0 Å². The van der Waals surface area contributed by atoms with E-state index in [2.05, 4.69) is 10.6 Å². The van der Waals surface area contributed by atoms with Gasteiger partial charge in [0.1, 0.15) is 5.00 Å². The summed E-state index contributed by atoms with van der Waals surface area (Å²) in [6.07, 6.45) is 0.683. The largest absolute Gasteiger partial charge is 0.465 e. The number of halogens is 1. The summed E-state index contributed by atoms with van der Waals surface area (Å²) in [5.41, 5.74) is 1.66. The van der Waals surface area contributed by atoms with E-state index in [-0.39, 0.29) is 15.8 Å². The average molecular weight is 414 g/mol. The number of carbonyl (C=O) groups is 1. The molecule has 0 saturated carbocycles. The maximum Gasteiger partial charge on any atom is 0.341 e. The molecular weight excluding hydrogens is 398 g/mol. The van der Waals surface area contributed by atoms with Crippen LogP contribution in [-0.2, 0) is 11.2 Å². The fraction of sp³-hybridized carbons (Fsp3) is 0.250. The third kappa shape index (κ3) is 4.29. The molecule has 0 spiro atoms. The molecule has 0 atom stereocenters. The van der Waals surface area contributed by atoms with Gasteiger partial charge >= 0.3 is 5.97 Å². The van der Waals surface area contributed by atoms with E-state index < -0.39 is 10.9 Å². The van der Waals surface area contributed by atoms with Crippen molar-refractivity contribution in [3.05, 3.63) is 49.3 Å². The molecule has 7 nitrogen and oxygen atoms in total. The van der Waals surface area contributed by atoms with Crippen LogP contribution in [0.1, 0.15) is 27.7 Å². The van der Waals surface area contributed by atoms with Crippen LogP contribution in [0.2, 0.25) is 5.02 Å². The lowest BCUT2D eigenvalue weighted by molar-refractivity contribution is -0.384. The highest BCUT2D eigenvalue weighted by atomic mass is 35.5. The first-order valence-electron chi connectivity index (χ1n) is 7.51. The number of hydrogen-bond acceptors (Lipinski definition) is 6. The molecular formula is C16H16ClN3O4S2. The number of nitrogens with zero attached hydrogens (tertiary/aromatic N) is 1. The number of ether oxygens (including phenoxy) is 1. The Hall–Kier alpha value is -2.23. The van der Waals surface area contributed by atoms with Gasteiger partial charge in [-0.05, 0) is 37.2 Å². The van der Waals surface area contributed by atoms with Gasteiger partial charge in [0, 0.05) is 17.0 Å². The summed E-state index contributed by atoms with van der Waals surface area (Å²) < 4.78 is 4.87. The van der Waals surface area contributed by atoms with Crippen LogP contribution in [0.15, 0.2) is 18.2 Å². The number of nitro benzene ring substituents is 1. The van der Waals surface area contributed by atoms with Gasteiger partial charge in [-0.3, -0.25) is 10.1 Å². The lowest BCUT2D eigenvalue weighted by atomic mass is 10.1. The van der Waals surface area contributed by atoms with Gasteiger partial charge < -0.3 is 15.4 Å². The van der Waals surface area contributed by atoms with E-state index in [1.165, 1.54) is 36.6 Å². The van der Waals surface area contributed by atoms with E-state index in [0.29, 0.717) is 22.7 Å². The first kappa shape index (κ1) is 20.1. The molecule has 2 rings (SSSR count). The predicted octanol–water partition coefficient (Wildman–Crippen LogP) is 4.78. The molecule has 2 aromatic rings. The maximum atomic E-state index is 12.1. The quantitative estimate of drug-likeness (QED) is 0.315. The summed E-state index contributed by atoms with van der Waals surface area (Å²) in [5, 5.41) is 17.6. The lowest BCUT2D eigenvalue weighted by Gasteiger charge is -2.12. The number of nitrogens with one attached hydrogen (secondary N) is 2. The van der Waals surface area contributed by atoms with Crippen molar-refractivity contribution in [2.75, 3.05) is 17.7 Å². The highest BCUT2D eigenvalue weighted by Gasteiger charge is 2.22. The molecule has 1 aromatic carbocycles. The van der Waals surface area contributed by atoms with Crippen molar-refractivity contribution >= 4 is 62.6 Å². The highest BCUT2D eigenvalue weighted by Crippen LogP contribution is 2.34. The fourth-order valence-electron chi connectivity index (χ4n) is 2.39. The summed E-state index contributed by atoms with van der Waals surface area (Å²) in [6, 6.07) is 4.02. The number of carbonyl (C=O) groups excluding carboxylic acids is 1. The minimum atomic E-state index is -0.532. The molecule has 1 heterocycles. The van der Waals surface area contributed by atoms with E-state index in [9.17, 15) is 14.9 Å². The van der Waals surface area contributed by atoms with E-state index >= 15 is 0 Å². The zero-order chi connectivity index (χ0) is 19.4. The lowest BCUT2D eigenvalue weighted by Crippen LogP contribution is -2.20. The summed E-state index contributed by atoms with van der Waals surface area (Å²) in [4.78, 5) is 23.3. The Morgan fingerprint density at radius 1 is 1.42 bits per heavy atom. The predicted molar refractivity (Wildman–Crippen MR) is 108 cm³/mol. The van der Waals surface area contributed by atoms with Crippen LogP contribution < -0.4 is 10.6 Å². The Kier molecular flexibility index (Phi) is 6.52. The molecule has 0 saturated heterocycles. The summed E-state index contributed by atoms with van der Waals surface area (Å²) in [5.74, 6) is -0.440. The molecule has 0 radical (unpaired) electrons. The molecule has 10 heteroatoms. The smallest absolute Gasteiger partial charge is 0.341 e. The Bertz CT molecular complexity index is 883. The monoisotopic (exact) mass is 413 g/mol. The normalized spacial score (nSPS) is 10.3. The van der Waals surface area contributed by atoms with Crippen LogP contribution >= 0.6 is 35.2 Å². The standard InChI is InChI=1S/C16H16ClN3O4S2/c1-4-10-8(2)26-14(13(10)15(21)24-3)19-16(25)18-12-6-5-9(20(22)23)7-11(12)17/h5-7H,4H2,1-3H3,(H2,18,19,25). The molecule has 0 amide bonds. The zero-order valence-electron chi connectivity index (χ0n) is 14.2. The number of aryl methyl sites for hydroxylation is 1. The summed E-state index contributed by atoms with van der Waals surface area (Å²) >= 11 is 12.7. The number of thiophene rings is 1. The van der Waals surface area contributed by atoms with Crippen molar-refractivity contribution in [3.8, 4) is 0 Å². The van der Waals surface area contributed by atoms with Gasteiger partial charge in [-0.15, -0.1) is 11.3 Å². The Balaban J connectivity index is 2.23. The second-order valence-corrected chi connectivity index (χ2v) is 7.23. The zero-order valence-corrected chi connectivity index (χ0v) is 16.6. The molecule has 26 heavy (non-hydrogen) atoms.